The third-order valence-electron chi connectivity index (χ3n) is 2.08. The second kappa shape index (κ2) is 4.50. The summed E-state index contributed by atoms with van der Waals surface area (Å²) in [5.74, 6) is 5.30. The normalized spacial score (nSPS) is 24.6. The minimum absolute atomic E-state index is 0.611. The molecule has 1 unspecified atom stereocenters. The molecule has 0 spiro atoms. The minimum atomic E-state index is -2.73. The molecular weight excluding hydrogens is 191 g/mol. The van der Waals surface area contributed by atoms with Crippen LogP contribution >= 0.6 is 7.59 Å². The van der Waals surface area contributed by atoms with Gasteiger partial charge >= 0.3 is 0 Å². The maximum atomic E-state index is 12.2. The van der Waals surface area contributed by atoms with E-state index in [1.54, 1.807) is 18.8 Å². The van der Waals surface area contributed by atoms with E-state index in [9.17, 15) is 4.57 Å². The van der Waals surface area contributed by atoms with Crippen molar-refractivity contribution in [2.75, 3.05) is 40.4 Å². The Balaban J connectivity index is 2.69. The lowest BCUT2D eigenvalue weighted by molar-refractivity contribution is 0.0688. The molecule has 1 fully saturated rings. The molecule has 1 aliphatic heterocycles. The van der Waals surface area contributed by atoms with Crippen LogP contribution in [0.2, 0.25) is 0 Å². The van der Waals surface area contributed by atoms with Crippen molar-refractivity contribution in [1.82, 2.24) is 14.5 Å². The number of hydrogen-bond donors (Lipinski definition) is 2. The highest BCUT2D eigenvalue weighted by atomic mass is 31.2. The van der Waals surface area contributed by atoms with E-state index >= 15 is 0 Å². The second-order valence-electron chi connectivity index (χ2n) is 3.09. The number of nitrogens with zero attached hydrogens (tertiary/aromatic N) is 2. The van der Waals surface area contributed by atoms with Crippen LogP contribution in [0.25, 0.3) is 0 Å². The van der Waals surface area contributed by atoms with Crippen molar-refractivity contribution in [3.63, 3.8) is 0 Å². The number of hydrogen-bond acceptors (Lipinski definition) is 3. The van der Waals surface area contributed by atoms with E-state index in [4.69, 9.17) is 10.6 Å². The van der Waals surface area contributed by atoms with E-state index in [2.05, 4.69) is 5.20 Å². The lowest BCUT2D eigenvalue weighted by atomic mass is 10.5. The van der Waals surface area contributed by atoms with Crippen molar-refractivity contribution < 1.29 is 9.30 Å². The van der Waals surface area contributed by atoms with Gasteiger partial charge in [0.1, 0.15) is 0 Å². The third kappa shape index (κ3) is 2.28. The molecule has 1 rings (SSSR count). The second-order valence-corrected chi connectivity index (χ2v) is 5.80. The fourth-order valence-electron chi connectivity index (χ4n) is 1.27. The standard InChI is InChI=1S/C6H17N4O2P/c1-9(2)13(11,8-7)10-3-5-12-6-4-10/h3-7H2,1-2H3,(H,8,11). The Labute approximate surface area is 78.5 Å². The molecule has 0 saturated carbocycles. The van der Waals surface area contributed by atoms with Gasteiger partial charge < -0.3 is 4.74 Å². The highest BCUT2D eigenvalue weighted by Crippen LogP contribution is 2.45. The smallest absolute Gasteiger partial charge is 0.296 e. The summed E-state index contributed by atoms with van der Waals surface area (Å²) in [7, 11) is 0.759. The maximum Gasteiger partial charge on any atom is 0.296 e. The molecule has 0 amide bonds. The lowest BCUT2D eigenvalue weighted by Gasteiger charge is -2.36. The van der Waals surface area contributed by atoms with Crippen LogP contribution in [0.1, 0.15) is 0 Å². The van der Waals surface area contributed by atoms with Crippen LogP contribution in [0.15, 0.2) is 0 Å². The van der Waals surface area contributed by atoms with E-state index in [0.29, 0.717) is 26.3 Å². The Morgan fingerprint density at radius 3 is 2.38 bits per heavy atom. The Hall–Kier alpha value is 0.0300. The van der Waals surface area contributed by atoms with Crippen LogP contribution in [0.5, 0.6) is 0 Å². The van der Waals surface area contributed by atoms with Gasteiger partial charge in [0.05, 0.1) is 13.2 Å². The summed E-state index contributed by atoms with van der Waals surface area (Å²) in [6.45, 7) is 2.53. The van der Waals surface area contributed by atoms with Gasteiger partial charge in [0.15, 0.2) is 0 Å². The van der Waals surface area contributed by atoms with Crippen molar-refractivity contribution in [3.05, 3.63) is 0 Å². The first-order valence-electron chi connectivity index (χ1n) is 4.20. The highest BCUT2D eigenvalue weighted by molar-refractivity contribution is 7.56. The molecule has 0 aliphatic carbocycles. The van der Waals surface area contributed by atoms with Gasteiger partial charge in [-0.25, -0.2) is 9.34 Å². The number of nitrogens with two attached hydrogens (primary N) is 1. The Morgan fingerprint density at radius 1 is 1.46 bits per heavy atom. The molecule has 1 heterocycles. The summed E-state index contributed by atoms with van der Waals surface area (Å²) in [6, 6.07) is 0. The summed E-state index contributed by atoms with van der Waals surface area (Å²) in [5.41, 5.74) is 0. The summed E-state index contributed by atoms with van der Waals surface area (Å²) in [6.07, 6.45) is 0. The zero-order valence-electron chi connectivity index (χ0n) is 8.06. The fourth-order valence-corrected chi connectivity index (χ4v) is 2.88. The Bertz CT molecular complexity index is 205. The molecule has 1 saturated heterocycles. The maximum absolute atomic E-state index is 12.2. The first-order valence-corrected chi connectivity index (χ1v) is 5.81. The van der Waals surface area contributed by atoms with E-state index in [0.717, 1.165) is 0 Å². The van der Waals surface area contributed by atoms with Crippen LogP contribution in [0.3, 0.4) is 0 Å². The third-order valence-corrected chi connectivity index (χ3v) is 4.67. The van der Waals surface area contributed by atoms with Gasteiger partial charge in [-0.15, -0.1) is 0 Å². The summed E-state index contributed by atoms with van der Waals surface area (Å²) >= 11 is 0. The zero-order valence-corrected chi connectivity index (χ0v) is 8.96. The molecule has 0 bridgehead atoms. The molecule has 1 aliphatic rings. The molecule has 3 N–H and O–H groups in total. The molecular formula is C6H17N4O2P. The summed E-state index contributed by atoms with van der Waals surface area (Å²) in [4.78, 5) is 0. The van der Waals surface area contributed by atoms with E-state index in [1.807, 2.05) is 4.67 Å². The first-order chi connectivity index (χ1) is 6.11. The molecule has 13 heavy (non-hydrogen) atoms. The van der Waals surface area contributed by atoms with E-state index in [1.165, 1.54) is 0 Å². The number of morpholine rings is 1. The molecule has 1 atom stereocenters. The van der Waals surface area contributed by atoms with Gasteiger partial charge in [-0.3, -0.25) is 10.4 Å². The highest BCUT2D eigenvalue weighted by Gasteiger charge is 2.32. The predicted octanol–water partition coefficient (Wildman–Crippen LogP) is -0.548. The van der Waals surface area contributed by atoms with Crippen LogP contribution in [0, 0.1) is 0 Å². The topological polar surface area (TPSA) is 70.8 Å². The van der Waals surface area contributed by atoms with Gasteiger partial charge in [0, 0.05) is 13.1 Å². The van der Waals surface area contributed by atoms with Crippen LogP contribution in [0.4, 0.5) is 0 Å². The van der Waals surface area contributed by atoms with Gasteiger partial charge in [-0.1, -0.05) is 0 Å². The van der Waals surface area contributed by atoms with Gasteiger partial charge in [0.25, 0.3) is 7.59 Å². The monoisotopic (exact) mass is 208 g/mol. The molecule has 6 nitrogen and oxygen atoms in total. The minimum Gasteiger partial charge on any atom is -0.379 e. The summed E-state index contributed by atoms with van der Waals surface area (Å²) in [5, 5.41) is 2.40. The molecule has 78 valence electrons. The number of ether oxygens (including phenoxy) is 1. The van der Waals surface area contributed by atoms with E-state index in [-0.39, 0.29) is 0 Å². The molecule has 0 aromatic carbocycles. The van der Waals surface area contributed by atoms with Crippen molar-refractivity contribution >= 4 is 7.59 Å². The average Bonchev–Trinajstić information content (AvgIpc) is 2.17. The van der Waals surface area contributed by atoms with Gasteiger partial charge in [-0.2, -0.15) is 5.20 Å². The molecule has 0 aromatic rings. The average molecular weight is 208 g/mol. The van der Waals surface area contributed by atoms with Crippen molar-refractivity contribution in [2.45, 2.75) is 0 Å². The predicted molar refractivity (Wildman–Crippen MR) is 51.0 cm³/mol. The van der Waals surface area contributed by atoms with Crippen molar-refractivity contribution in [2.24, 2.45) is 5.84 Å². The van der Waals surface area contributed by atoms with Crippen molar-refractivity contribution in [3.8, 4) is 0 Å². The number of nitrogens with one attached hydrogen (secondary N) is 1. The Kier molecular flexibility index (Phi) is 3.85. The molecule has 0 aromatic heterocycles. The first kappa shape index (κ1) is 11.1. The largest absolute Gasteiger partial charge is 0.379 e. The fraction of sp³-hybridized carbons (Fsp3) is 1.00. The SMILES string of the molecule is CN(C)P(=O)(NN)N1CCOCC1. The van der Waals surface area contributed by atoms with Crippen LogP contribution < -0.4 is 11.0 Å². The van der Waals surface area contributed by atoms with Gasteiger partial charge in [-0.05, 0) is 14.1 Å². The lowest BCUT2D eigenvalue weighted by Crippen LogP contribution is -2.43. The van der Waals surface area contributed by atoms with E-state index < -0.39 is 7.59 Å². The van der Waals surface area contributed by atoms with Crippen molar-refractivity contribution in [1.29, 1.82) is 0 Å². The quantitative estimate of drug-likeness (QED) is 0.368. The van der Waals surface area contributed by atoms with Crippen LogP contribution in [-0.2, 0) is 9.30 Å². The Morgan fingerprint density at radius 2 is 2.00 bits per heavy atom. The zero-order chi connectivity index (χ0) is 9.90. The molecule has 0 radical (unpaired) electrons. The van der Waals surface area contributed by atoms with Crippen LogP contribution in [-0.4, -0.2) is 49.7 Å². The molecule has 7 heteroatoms. The summed E-state index contributed by atoms with van der Waals surface area (Å²) < 4.78 is 20.8. The van der Waals surface area contributed by atoms with Gasteiger partial charge in [0.2, 0.25) is 0 Å². The number of hydrazine groups is 1. The number of rotatable bonds is 3.